The molecule has 7 atom stereocenters. The number of nitrogens with two attached hydrogens (primary N) is 1. The molecule has 1 aliphatic heterocycles. The minimum Gasteiger partial charge on any atom is -0.386 e. The SMILES string of the molecule is CCC/C=C/C=C/C=C/C(=O)SCCNC(=O)CCNC(=O)C(O)C(C)(C)COP(=O)(O)OP(=O)(O)OCC1OC(n2cnc3c(N)ncnc32)C(O)C1OP(=O)(O)O. The first-order valence-corrected chi connectivity index (χ1v) is 23.1. The van der Waals surface area contributed by atoms with Crippen molar-refractivity contribution in [3.8, 4) is 0 Å². The van der Waals surface area contributed by atoms with Gasteiger partial charge in [-0.2, -0.15) is 4.31 Å². The highest BCUT2D eigenvalue weighted by Crippen LogP contribution is 2.61. The average Bonchev–Trinajstić information content (AvgIpc) is 3.71. The summed E-state index contributed by atoms with van der Waals surface area (Å²) in [6, 6.07) is 0. The van der Waals surface area contributed by atoms with Gasteiger partial charge in [-0.1, -0.05) is 69.3 Å². The fraction of sp³-hybridized carbons (Fsp3) is 0.548. The third kappa shape index (κ3) is 16.6. The Hall–Kier alpha value is -3.22. The van der Waals surface area contributed by atoms with E-state index in [1.165, 1.54) is 19.9 Å². The van der Waals surface area contributed by atoms with E-state index in [0.717, 1.165) is 41.8 Å². The molecular formula is C31H48N7O17P3S. The second-order valence-electron chi connectivity index (χ2n) is 13.2. The number of anilines is 1. The molecule has 0 aromatic carbocycles. The van der Waals surface area contributed by atoms with Gasteiger partial charge >= 0.3 is 23.5 Å². The zero-order valence-corrected chi connectivity index (χ0v) is 35.5. The molecule has 7 unspecified atom stereocenters. The van der Waals surface area contributed by atoms with Crippen LogP contribution in [0.5, 0.6) is 0 Å². The number of carbonyl (C=O) groups is 3. The average molecular weight is 916 g/mol. The Morgan fingerprint density at radius 3 is 2.42 bits per heavy atom. The predicted octanol–water partition coefficient (Wildman–Crippen LogP) is 1.13. The van der Waals surface area contributed by atoms with Crippen LogP contribution in [0, 0.1) is 5.41 Å². The van der Waals surface area contributed by atoms with Crippen LogP contribution in [0.1, 0.15) is 46.3 Å². The van der Waals surface area contributed by atoms with Gasteiger partial charge in [-0.3, -0.25) is 32.5 Å². The quantitative estimate of drug-likeness (QED) is 0.0308. The van der Waals surface area contributed by atoms with Crippen LogP contribution in [0.4, 0.5) is 5.82 Å². The summed E-state index contributed by atoms with van der Waals surface area (Å²) in [6.07, 6.45) is 5.51. The maximum atomic E-state index is 12.7. The number of aliphatic hydroxyl groups excluding tert-OH is 2. The number of nitrogens with zero attached hydrogens (tertiary/aromatic N) is 4. The van der Waals surface area contributed by atoms with E-state index < -0.39 is 84.6 Å². The molecule has 0 aliphatic carbocycles. The fourth-order valence-corrected chi connectivity index (χ4v) is 8.34. The van der Waals surface area contributed by atoms with Crippen LogP contribution in [0.3, 0.4) is 0 Å². The monoisotopic (exact) mass is 915 g/mol. The lowest BCUT2D eigenvalue weighted by Gasteiger charge is -2.30. The lowest BCUT2D eigenvalue weighted by Crippen LogP contribution is -2.46. The van der Waals surface area contributed by atoms with Gasteiger partial charge in [0.1, 0.15) is 36.3 Å². The molecule has 1 aliphatic rings. The number of allylic oxidation sites excluding steroid dienone is 5. The second kappa shape index (κ2) is 22.6. The Morgan fingerprint density at radius 1 is 1.03 bits per heavy atom. The van der Waals surface area contributed by atoms with E-state index >= 15 is 0 Å². The number of aliphatic hydroxyl groups is 2. The number of hydrogen-bond donors (Lipinski definition) is 9. The molecule has 2 amide bonds. The van der Waals surface area contributed by atoms with Crippen LogP contribution in [0.25, 0.3) is 11.2 Å². The Labute approximate surface area is 342 Å². The molecule has 10 N–H and O–H groups in total. The molecule has 1 saturated heterocycles. The zero-order chi connectivity index (χ0) is 44.0. The molecule has 2 aromatic rings. The van der Waals surface area contributed by atoms with Crippen molar-refractivity contribution in [2.24, 2.45) is 5.41 Å². The Bertz CT molecular complexity index is 1990. The van der Waals surface area contributed by atoms with Crippen LogP contribution < -0.4 is 16.4 Å². The first kappa shape index (κ1) is 50.1. The number of fused-ring (bicyclic) bond motifs is 1. The number of thioether (sulfide) groups is 1. The van der Waals surface area contributed by atoms with Crippen molar-refractivity contribution < 1.29 is 80.5 Å². The summed E-state index contributed by atoms with van der Waals surface area (Å²) in [5.41, 5.74) is 4.25. The molecule has 24 nitrogen and oxygen atoms in total. The number of nitrogens with one attached hydrogen (secondary N) is 2. The number of aromatic nitrogens is 4. The van der Waals surface area contributed by atoms with E-state index in [9.17, 15) is 57.9 Å². The summed E-state index contributed by atoms with van der Waals surface area (Å²) in [7, 11) is -16.4. The van der Waals surface area contributed by atoms with E-state index in [-0.39, 0.29) is 41.6 Å². The third-order valence-electron chi connectivity index (χ3n) is 7.90. The number of imidazole rings is 1. The molecule has 3 heterocycles. The van der Waals surface area contributed by atoms with Crippen LogP contribution in [-0.2, 0) is 50.7 Å². The molecule has 1 fully saturated rings. The number of unbranched alkanes of at least 4 members (excludes halogenated alkanes) is 1. The topological polar surface area (TPSA) is 364 Å². The van der Waals surface area contributed by atoms with Gasteiger partial charge in [0.2, 0.25) is 16.9 Å². The largest absolute Gasteiger partial charge is 0.481 e. The molecule has 3 rings (SSSR count). The highest BCUT2D eigenvalue weighted by atomic mass is 32.2. The van der Waals surface area contributed by atoms with Gasteiger partial charge in [0.05, 0.1) is 19.5 Å². The summed E-state index contributed by atoms with van der Waals surface area (Å²) in [4.78, 5) is 87.6. The molecular weight excluding hydrogens is 867 g/mol. The number of rotatable bonds is 24. The standard InChI is InChI=1S/C31H48N7O17P3S/c1-4-5-6-7-8-9-10-11-22(40)59-15-14-33-21(39)12-13-34-29(43)26(42)31(2,3)17-52-58(49,50)55-57(47,48)51-16-20-25(54-56(44,45)46)24(41)30(53-20)38-19-37-23-27(32)35-18-36-28(23)38/h6-11,18-20,24-26,30,41-42H,4-5,12-17H2,1-3H3,(H,33,39)(H,34,43)(H,47,48)(H,49,50)(H2,32,35,36)(H2,44,45,46)/b7-6+,9-8+,11-10+. The van der Waals surface area contributed by atoms with E-state index in [1.807, 2.05) is 18.2 Å². The molecule has 0 bridgehead atoms. The molecule has 0 radical (unpaired) electrons. The molecule has 0 saturated carbocycles. The maximum Gasteiger partial charge on any atom is 0.481 e. The van der Waals surface area contributed by atoms with Crippen molar-refractivity contribution >= 4 is 69.1 Å². The zero-order valence-electron chi connectivity index (χ0n) is 32.0. The van der Waals surface area contributed by atoms with Crippen molar-refractivity contribution in [2.75, 3.05) is 37.8 Å². The highest BCUT2D eigenvalue weighted by Gasteiger charge is 2.50. The van der Waals surface area contributed by atoms with Crippen LogP contribution in [-0.4, -0.2) is 123 Å². The van der Waals surface area contributed by atoms with Gasteiger partial charge in [-0.05, 0) is 12.5 Å². The number of nitrogen functional groups attached to an aromatic ring is 1. The number of ether oxygens (including phenoxy) is 1. The maximum absolute atomic E-state index is 12.7. The normalized spacial score (nSPS) is 21.6. The third-order valence-corrected chi connectivity index (χ3v) is 11.8. The highest BCUT2D eigenvalue weighted by molar-refractivity contribution is 8.14. The van der Waals surface area contributed by atoms with Crippen LogP contribution >= 0.6 is 35.2 Å². The Balaban J connectivity index is 1.44. The molecule has 28 heteroatoms. The van der Waals surface area contributed by atoms with Crippen molar-refractivity contribution in [2.45, 2.75) is 70.7 Å². The summed E-state index contributed by atoms with van der Waals surface area (Å²) in [5.74, 6) is -1.17. The van der Waals surface area contributed by atoms with Gasteiger partial charge in [-0.25, -0.2) is 28.6 Å². The van der Waals surface area contributed by atoms with Gasteiger partial charge in [0.25, 0.3) is 0 Å². The molecule has 2 aromatic heterocycles. The molecule has 0 spiro atoms. The first-order valence-electron chi connectivity index (χ1n) is 17.6. The van der Waals surface area contributed by atoms with Crippen molar-refractivity contribution in [3.05, 3.63) is 49.1 Å². The number of phosphoric ester groups is 3. The molecule has 330 valence electrons. The van der Waals surface area contributed by atoms with Gasteiger partial charge in [-0.15, -0.1) is 0 Å². The van der Waals surface area contributed by atoms with Crippen molar-refractivity contribution in [3.63, 3.8) is 0 Å². The molecule has 59 heavy (non-hydrogen) atoms. The lowest BCUT2D eigenvalue weighted by atomic mass is 9.87. The fourth-order valence-electron chi connectivity index (χ4n) is 4.93. The van der Waals surface area contributed by atoms with Crippen LogP contribution in [0.2, 0.25) is 0 Å². The number of hydrogen-bond acceptors (Lipinski definition) is 18. The number of phosphoric acid groups is 3. The Morgan fingerprint density at radius 2 is 1.73 bits per heavy atom. The van der Waals surface area contributed by atoms with Gasteiger partial charge in [0.15, 0.2) is 17.7 Å². The minimum absolute atomic E-state index is 0.0289. The van der Waals surface area contributed by atoms with E-state index in [2.05, 4.69) is 41.3 Å². The van der Waals surface area contributed by atoms with Gasteiger partial charge in [0, 0.05) is 30.7 Å². The lowest BCUT2D eigenvalue weighted by molar-refractivity contribution is -0.137. The summed E-state index contributed by atoms with van der Waals surface area (Å²) in [6.45, 7) is 2.51. The van der Waals surface area contributed by atoms with E-state index in [1.54, 1.807) is 12.2 Å². The summed E-state index contributed by atoms with van der Waals surface area (Å²) < 4.78 is 62.2. The summed E-state index contributed by atoms with van der Waals surface area (Å²) in [5, 5.41) is 26.2. The first-order chi connectivity index (χ1) is 27.6. The van der Waals surface area contributed by atoms with Gasteiger partial charge < -0.3 is 50.9 Å². The van der Waals surface area contributed by atoms with Crippen LogP contribution in [0.15, 0.2) is 49.1 Å². The Kier molecular flexibility index (Phi) is 19.2. The predicted molar refractivity (Wildman–Crippen MR) is 209 cm³/mol. The minimum atomic E-state index is -5.58. The van der Waals surface area contributed by atoms with Crippen molar-refractivity contribution in [1.29, 1.82) is 0 Å². The van der Waals surface area contributed by atoms with Crippen molar-refractivity contribution in [1.82, 2.24) is 30.2 Å². The summed E-state index contributed by atoms with van der Waals surface area (Å²) >= 11 is 1.00. The second-order valence-corrected chi connectivity index (χ2v) is 18.5. The number of amides is 2. The smallest absolute Gasteiger partial charge is 0.386 e. The number of carbonyl (C=O) groups excluding carboxylic acids is 3. The van der Waals surface area contributed by atoms with E-state index in [4.69, 9.17) is 19.5 Å². The van der Waals surface area contributed by atoms with E-state index in [0.29, 0.717) is 5.75 Å².